The normalized spacial score (nSPS) is 19.8. The summed E-state index contributed by atoms with van der Waals surface area (Å²) < 4.78 is 0. The number of carbonyl (C=O) groups is 2. The Bertz CT molecular complexity index is 674. The predicted octanol–water partition coefficient (Wildman–Crippen LogP) is 3.07. The number of amides is 1. The van der Waals surface area contributed by atoms with Gasteiger partial charge in [-0.1, -0.05) is 49.3 Å². The van der Waals surface area contributed by atoms with Gasteiger partial charge < -0.3 is 5.32 Å². The highest BCUT2D eigenvalue weighted by Gasteiger charge is 2.33. The molecule has 6 heteroatoms. The van der Waals surface area contributed by atoms with Gasteiger partial charge in [0.25, 0.3) is 0 Å². The number of nitriles is 1. The largest absolute Gasteiger partial charge is 0.318 e. The van der Waals surface area contributed by atoms with Crippen LogP contribution in [0.4, 0.5) is 0 Å². The summed E-state index contributed by atoms with van der Waals surface area (Å²) in [5, 5.41) is 12.5. The van der Waals surface area contributed by atoms with Gasteiger partial charge in [-0.3, -0.25) is 9.59 Å². The zero-order valence-electron chi connectivity index (χ0n) is 12.2. The van der Waals surface area contributed by atoms with Crippen molar-refractivity contribution >= 4 is 35.1 Å². The summed E-state index contributed by atoms with van der Waals surface area (Å²) in [5.74, 6) is -0.716. The van der Waals surface area contributed by atoms with Crippen molar-refractivity contribution in [1.29, 1.82) is 5.26 Å². The maximum atomic E-state index is 12.1. The standard InChI is InChI=1S/C16H15ClN2O2S/c1-9(2)14(20)12(8-18)16-19-15(21)13(22-16)7-10-3-5-11(17)6-4-10/h3-6,9,13H,7H2,1-2H3,(H,19,21)/b16-12-/t13-/m1/s1. The minimum atomic E-state index is -0.348. The Balaban J connectivity index is 2.18. The number of allylic oxidation sites excluding steroid dienone is 1. The van der Waals surface area contributed by atoms with Gasteiger partial charge in [-0.2, -0.15) is 5.26 Å². The minimum absolute atomic E-state index is 0.0342. The summed E-state index contributed by atoms with van der Waals surface area (Å²) in [5.41, 5.74) is 1.01. The van der Waals surface area contributed by atoms with E-state index < -0.39 is 0 Å². The lowest BCUT2D eigenvalue weighted by Crippen LogP contribution is -2.24. The molecule has 1 heterocycles. The number of halogens is 1. The molecule has 1 amide bonds. The maximum Gasteiger partial charge on any atom is 0.238 e. The Hall–Kier alpha value is -1.77. The molecule has 0 radical (unpaired) electrons. The van der Waals surface area contributed by atoms with Crippen LogP contribution in [0, 0.1) is 17.2 Å². The van der Waals surface area contributed by atoms with Crippen LogP contribution in [0.25, 0.3) is 0 Å². The zero-order valence-corrected chi connectivity index (χ0v) is 13.8. The molecule has 2 rings (SSSR count). The molecule has 1 aliphatic heterocycles. The average molecular weight is 335 g/mol. The molecule has 1 aromatic rings. The first-order valence-corrected chi connectivity index (χ1v) is 8.08. The van der Waals surface area contributed by atoms with Crippen molar-refractivity contribution in [2.24, 2.45) is 5.92 Å². The lowest BCUT2D eigenvalue weighted by atomic mass is 10.0. The predicted molar refractivity (Wildman–Crippen MR) is 87.2 cm³/mol. The Kier molecular flexibility index (Phi) is 5.28. The van der Waals surface area contributed by atoms with E-state index in [0.717, 1.165) is 5.56 Å². The SMILES string of the molecule is CC(C)C(=O)/C(C#N)=C1/NC(=O)[C@@H](Cc2ccc(Cl)cc2)S1. The fraction of sp³-hybridized carbons (Fsp3) is 0.312. The van der Waals surface area contributed by atoms with Gasteiger partial charge >= 0.3 is 0 Å². The number of hydrogen-bond acceptors (Lipinski definition) is 4. The number of rotatable bonds is 4. The molecule has 1 atom stereocenters. The molecule has 0 aromatic heterocycles. The molecule has 1 aromatic carbocycles. The van der Waals surface area contributed by atoms with Gasteiger partial charge in [-0.05, 0) is 24.1 Å². The quantitative estimate of drug-likeness (QED) is 0.678. The molecule has 0 spiro atoms. The molecule has 0 saturated carbocycles. The van der Waals surface area contributed by atoms with E-state index in [1.165, 1.54) is 11.8 Å². The number of hydrogen-bond donors (Lipinski definition) is 1. The maximum absolute atomic E-state index is 12.1. The topological polar surface area (TPSA) is 70.0 Å². The molecule has 0 unspecified atom stereocenters. The number of carbonyl (C=O) groups excluding carboxylic acids is 2. The number of ketones is 1. The molecule has 0 bridgehead atoms. The molecule has 1 saturated heterocycles. The van der Waals surface area contributed by atoms with E-state index in [-0.39, 0.29) is 28.4 Å². The van der Waals surface area contributed by atoms with Crippen LogP contribution in [0.15, 0.2) is 34.9 Å². The third kappa shape index (κ3) is 3.70. The third-order valence-corrected chi connectivity index (χ3v) is 4.69. The molecule has 0 aliphatic carbocycles. The van der Waals surface area contributed by atoms with Crippen LogP contribution in [0.2, 0.25) is 5.02 Å². The van der Waals surface area contributed by atoms with E-state index in [2.05, 4.69) is 5.32 Å². The molecule has 4 nitrogen and oxygen atoms in total. The lowest BCUT2D eigenvalue weighted by molar-refractivity contribution is -0.119. The van der Waals surface area contributed by atoms with Crippen LogP contribution >= 0.6 is 23.4 Å². The Morgan fingerprint density at radius 2 is 2.05 bits per heavy atom. The molecule has 22 heavy (non-hydrogen) atoms. The van der Waals surface area contributed by atoms with Crippen molar-refractivity contribution in [3.8, 4) is 6.07 Å². The van der Waals surface area contributed by atoms with Crippen LogP contribution in [0.1, 0.15) is 19.4 Å². The third-order valence-electron chi connectivity index (χ3n) is 3.23. The first-order chi connectivity index (χ1) is 10.4. The molecule has 1 aliphatic rings. The van der Waals surface area contributed by atoms with Crippen molar-refractivity contribution in [2.75, 3.05) is 0 Å². The molecular weight excluding hydrogens is 320 g/mol. The van der Waals surface area contributed by atoms with Crippen LogP contribution in [-0.4, -0.2) is 16.9 Å². The summed E-state index contributed by atoms with van der Waals surface area (Å²) in [4.78, 5) is 24.1. The van der Waals surface area contributed by atoms with Gasteiger partial charge in [-0.15, -0.1) is 0 Å². The zero-order chi connectivity index (χ0) is 16.3. The Morgan fingerprint density at radius 3 is 2.59 bits per heavy atom. The first-order valence-electron chi connectivity index (χ1n) is 6.83. The number of thioether (sulfide) groups is 1. The van der Waals surface area contributed by atoms with E-state index in [0.29, 0.717) is 16.5 Å². The molecule has 1 fully saturated rings. The monoisotopic (exact) mass is 334 g/mol. The fourth-order valence-corrected chi connectivity index (χ4v) is 3.29. The van der Waals surface area contributed by atoms with E-state index >= 15 is 0 Å². The lowest BCUT2D eigenvalue weighted by Gasteiger charge is -2.06. The van der Waals surface area contributed by atoms with Crippen LogP contribution in [0.3, 0.4) is 0 Å². The van der Waals surface area contributed by atoms with Gasteiger partial charge in [0.05, 0.1) is 10.3 Å². The summed E-state index contributed by atoms with van der Waals surface area (Å²) >= 11 is 7.08. The van der Waals surface area contributed by atoms with Crippen molar-refractivity contribution in [3.63, 3.8) is 0 Å². The molecular formula is C16H15ClN2O2S. The summed E-state index contributed by atoms with van der Waals surface area (Å²) in [6.07, 6.45) is 0.520. The highest BCUT2D eigenvalue weighted by atomic mass is 35.5. The van der Waals surface area contributed by atoms with E-state index in [9.17, 15) is 14.9 Å². The van der Waals surface area contributed by atoms with Gasteiger partial charge in [-0.25, -0.2) is 0 Å². The fourth-order valence-electron chi connectivity index (χ4n) is 2.01. The van der Waals surface area contributed by atoms with Crippen molar-refractivity contribution in [1.82, 2.24) is 5.32 Å². The van der Waals surface area contributed by atoms with E-state index in [1.807, 2.05) is 18.2 Å². The second-order valence-corrected chi connectivity index (χ2v) is 6.91. The first kappa shape index (κ1) is 16.6. The van der Waals surface area contributed by atoms with Crippen molar-refractivity contribution in [3.05, 3.63) is 45.5 Å². The smallest absolute Gasteiger partial charge is 0.238 e. The summed E-state index contributed by atoms with van der Waals surface area (Å²) in [7, 11) is 0. The van der Waals surface area contributed by atoms with Crippen LogP contribution in [0.5, 0.6) is 0 Å². The van der Waals surface area contributed by atoms with Gasteiger partial charge in [0.2, 0.25) is 5.91 Å². The van der Waals surface area contributed by atoms with Gasteiger partial charge in [0.1, 0.15) is 11.6 Å². The van der Waals surface area contributed by atoms with Gasteiger partial charge in [0.15, 0.2) is 5.78 Å². The second-order valence-electron chi connectivity index (χ2n) is 5.26. The highest BCUT2D eigenvalue weighted by Crippen LogP contribution is 2.32. The van der Waals surface area contributed by atoms with Gasteiger partial charge in [0, 0.05) is 10.9 Å². The van der Waals surface area contributed by atoms with Crippen molar-refractivity contribution < 1.29 is 9.59 Å². The Morgan fingerprint density at radius 1 is 1.41 bits per heavy atom. The highest BCUT2D eigenvalue weighted by molar-refractivity contribution is 8.04. The van der Waals surface area contributed by atoms with E-state index in [1.54, 1.807) is 26.0 Å². The summed E-state index contributed by atoms with van der Waals surface area (Å²) in [6, 6.07) is 9.19. The van der Waals surface area contributed by atoms with Crippen LogP contribution in [-0.2, 0) is 16.0 Å². The molecule has 114 valence electrons. The minimum Gasteiger partial charge on any atom is -0.318 e. The number of benzene rings is 1. The molecule has 1 N–H and O–H groups in total. The second kappa shape index (κ2) is 6.99. The van der Waals surface area contributed by atoms with Crippen LogP contribution < -0.4 is 5.32 Å². The Labute approximate surface area is 138 Å². The average Bonchev–Trinajstić information content (AvgIpc) is 2.83. The number of Topliss-reactive ketones (excluding diaryl/α,β-unsaturated/α-hetero) is 1. The summed E-state index contributed by atoms with van der Waals surface area (Å²) in [6.45, 7) is 3.46. The van der Waals surface area contributed by atoms with E-state index in [4.69, 9.17) is 11.6 Å². The number of nitrogens with one attached hydrogen (secondary N) is 1. The number of nitrogens with zero attached hydrogens (tertiary/aromatic N) is 1. The van der Waals surface area contributed by atoms with Crippen molar-refractivity contribution in [2.45, 2.75) is 25.5 Å².